The number of benzene rings is 2. The smallest absolute Gasteiger partial charge is 0.173 e. The van der Waals surface area contributed by atoms with Gasteiger partial charge in [0.1, 0.15) is 11.6 Å². The molecule has 0 saturated carbocycles. The van der Waals surface area contributed by atoms with E-state index in [1.165, 1.54) is 0 Å². The van der Waals surface area contributed by atoms with E-state index in [4.69, 9.17) is 4.74 Å². The SMILES string of the molecule is c1ccc(-c2cnc(C3CNc4ccccc4O3)[nH]2)cc1. The van der Waals surface area contributed by atoms with Crippen molar-refractivity contribution in [1.82, 2.24) is 9.97 Å². The average Bonchev–Trinajstić information content (AvgIpc) is 3.05. The van der Waals surface area contributed by atoms with Crippen molar-refractivity contribution in [1.29, 1.82) is 0 Å². The summed E-state index contributed by atoms with van der Waals surface area (Å²) in [4.78, 5) is 7.82. The molecule has 2 N–H and O–H groups in total. The van der Waals surface area contributed by atoms with E-state index in [0.717, 1.165) is 28.5 Å². The molecule has 4 nitrogen and oxygen atoms in total. The third-order valence-electron chi connectivity index (χ3n) is 3.62. The minimum Gasteiger partial charge on any atom is -0.478 e. The van der Waals surface area contributed by atoms with Gasteiger partial charge in [-0.1, -0.05) is 42.5 Å². The standard InChI is InChI=1S/C17H15N3O/c1-2-6-12(7-3-1)14-10-19-17(20-14)16-11-18-13-8-4-5-9-15(13)21-16/h1-10,16,18H,11H2,(H,19,20). The number of fused-ring (bicyclic) bond motifs is 1. The lowest BCUT2D eigenvalue weighted by Crippen LogP contribution is -2.24. The maximum atomic E-state index is 6.01. The predicted octanol–water partition coefficient (Wildman–Crippen LogP) is 3.62. The highest BCUT2D eigenvalue weighted by molar-refractivity contribution is 5.59. The number of para-hydroxylation sites is 2. The highest BCUT2D eigenvalue weighted by Gasteiger charge is 2.23. The van der Waals surface area contributed by atoms with Crippen molar-refractivity contribution in [3.05, 3.63) is 66.6 Å². The van der Waals surface area contributed by atoms with Crippen molar-refractivity contribution < 1.29 is 4.74 Å². The Morgan fingerprint density at radius 2 is 1.81 bits per heavy atom. The molecule has 21 heavy (non-hydrogen) atoms. The summed E-state index contributed by atoms with van der Waals surface area (Å²) in [6.45, 7) is 0.707. The van der Waals surface area contributed by atoms with E-state index in [0.29, 0.717) is 6.54 Å². The Bertz CT molecular complexity index is 751. The molecule has 4 rings (SSSR count). The van der Waals surface area contributed by atoms with E-state index in [1.54, 1.807) is 0 Å². The van der Waals surface area contributed by atoms with E-state index in [9.17, 15) is 0 Å². The third-order valence-corrected chi connectivity index (χ3v) is 3.62. The molecule has 3 aromatic rings. The molecule has 1 atom stereocenters. The number of ether oxygens (including phenoxy) is 1. The van der Waals surface area contributed by atoms with Crippen molar-refractivity contribution in [2.75, 3.05) is 11.9 Å². The van der Waals surface area contributed by atoms with E-state index in [1.807, 2.05) is 48.7 Å². The van der Waals surface area contributed by atoms with Crippen LogP contribution in [0.4, 0.5) is 5.69 Å². The van der Waals surface area contributed by atoms with Gasteiger partial charge >= 0.3 is 0 Å². The van der Waals surface area contributed by atoms with Crippen LogP contribution in [0.1, 0.15) is 11.9 Å². The first-order valence-corrected chi connectivity index (χ1v) is 7.00. The van der Waals surface area contributed by atoms with Gasteiger partial charge in [0.25, 0.3) is 0 Å². The van der Waals surface area contributed by atoms with Gasteiger partial charge in [-0.15, -0.1) is 0 Å². The van der Waals surface area contributed by atoms with Crippen LogP contribution in [0.3, 0.4) is 0 Å². The van der Waals surface area contributed by atoms with Crippen LogP contribution in [-0.2, 0) is 0 Å². The van der Waals surface area contributed by atoms with Crippen molar-refractivity contribution in [3.63, 3.8) is 0 Å². The Hall–Kier alpha value is -2.75. The lowest BCUT2D eigenvalue weighted by atomic mass is 10.2. The summed E-state index contributed by atoms with van der Waals surface area (Å²) in [5.74, 6) is 1.71. The van der Waals surface area contributed by atoms with Crippen LogP contribution in [0, 0.1) is 0 Å². The number of imidazole rings is 1. The van der Waals surface area contributed by atoms with Crippen molar-refractivity contribution in [3.8, 4) is 17.0 Å². The van der Waals surface area contributed by atoms with Crippen LogP contribution < -0.4 is 10.1 Å². The fourth-order valence-electron chi connectivity index (χ4n) is 2.53. The second-order valence-electron chi connectivity index (χ2n) is 5.03. The monoisotopic (exact) mass is 277 g/mol. The van der Waals surface area contributed by atoms with Crippen LogP contribution in [0.5, 0.6) is 5.75 Å². The first-order valence-electron chi connectivity index (χ1n) is 7.00. The van der Waals surface area contributed by atoms with Crippen molar-refractivity contribution >= 4 is 5.69 Å². The topological polar surface area (TPSA) is 49.9 Å². The van der Waals surface area contributed by atoms with E-state index >= 15 is 0 Å². The summed E-state index contributed by atoms with van der Waals surface area (Å²) < 4.78 is 6.01. The maximum absolute atomic E-state index is 6.01. The molecule has 2 heterocycles. The number of nitrogens with zero attached hydrogens (tertiary/aromatic N) is 1. The number of aromatic amines is 1. The second-order valence-corrected chi connectivity index (χ2v) is 5.03. The summed E-state index contributed by atoms with van der Waals surface area (Å²) in [5, 5.41) is 3.38. The van der Waals surface area contributed by atoms with Gasteiger partial charge in [0.15, 0.2) is 6.10 Å². The number of H-pyrrole nitrogens is 1. The first kappa shape index (κ1) is 12.0. The number of rotatable bonds is 2. The predicted molar refractivity (Wildman–Crippen MR) is 82.3 cm³/mol. The third kappa shape index (κ3) is 2.25. The zero-order valence-electron chi connectivity index (χ0n) is 11.4. The summed E-state index contributed by atoms with van der Waals surface area (Å²) in [6.07, 6.45) is 1.76. The van der Waals surface area contributed by atoms with Crippen LogP contribution in [0.2, 0.25) is 0 Å². The Morgan fingerprint density at radius 3 is 2.71 bits per heavy atom. The number of nitrogens with one attached hydrogen (secondary N) is 2. The molecule has 1 aliphatic rings. The van der Waals surface area contributed by atoms with Gasteiger partial charge in [0.2, 0.25) is 0 Å². The van der Waals surface area contributed by atoms with Crippen molar-refractivity contribution in [2.45, 2.75) is 6.10 Å². The Balaban J connectivity index is 1.60. The highest BCUT2D eigenvalue weighted by Crippen LogP contribution is 2.33. The molecule has 0 aliphatic carbocycles. The molecule has 0 spiro atoms. The number of hydrogen-bond donors (Lipinski definition) is 2. The van der Waals surface area contributed by atoms with Crippen LogP contribution in [0.25, 0.3) is 11.3 Å². The number of hydrogen-bond acceptors (Lipinski definition) is 3. The number of anilines is 1. The molecule has 1 aliphatic heterocycles. The zero-order chi connectivity index (χ0) is 14.1. The molecule has 2 aromatic carbocycles. The van der Waals surface area contributed by atoms with Crippen LogP contribution in [-0.4, -0.2) is 16.5 Å². The molecule has 0 radical (unpaired) electrons. The van der Waals surface area contributed by atoms with E-state index < -0.39 is 0 Å². The largest absolute Gasteiger partial charge is 0.478 e. The normalized spacial score (nSPS) is 16.7. The zero-order valence-corrected chi connectivity index (χ0v) is 11.4. The lowest BCUT2D eigenvalue weighted by molar-refractivity contribution is 0.201. The summed E-state index contributed by atoms with van der Waals surface area (Å²) in [7, 11) is 0. The molecule has 0 bridgehead atoms. The van der Waals surface area contributed by atoms with Crippen LogP contribution in [0.15, 0.2) is 60.8 Å². The summed E-state index contributed by atoms with van der Waals surface area (Å²) >= 11 is 0. The van der Waals surface area contributed by atoms with E-state index in [2.05, 4.69) is 27.4 Å². The number of aromatic nitrogens is 2. The molecule has 0 saturated heterocycles. The van der Waals surface area contributed by atoms with Gasteiger partial charge in [0.05, 0.1) is 24.1 Å². The fraction of sp³-hybridized carbons (Fsp3) is 0.118. The fourth-order valence-corrected chi connectivity index (χ4v) is 2.53. The Kier molecular flexibility index (Phi) is 2.85. The highest BCUT2D eigenvalue weighted by atomic mass is 16.5. The average molecular weight is 277 g/mol. The maximum Gasteiger partial charge on any atom is 0.173 e. The van der Waals surface area contributed by atoms with Gasteiger partial charge < -0.3 is 15.0 Å². The Morgan fingerprint density at radius 1 is 1.00 bits per heavy atom. The van der Waals surface area contributed by atoms with E-state index in [-0.39, 0.29) is 6.10 Å². The Labute approximate surface area is 122 Å². The molecule has 0 amide bonds. The summed E-state index contributed by atoms with van der Waals surface area (Å²) in [5.41, 5.74) is 3.16. The van der Waals surface area contributed by atoms with Crippen molar-refractivity contribution in [2.24, 2.45) is 0 Å². The molecule has 1 unspecified atom stereocenters. The van der Waals surface area contributed by atoms with Crippen LogP contribution >= 0.6 is 0 Å². The summed E-state index contributed by atoms with van der Waals surface area (Å²) in [6, 6.07) is 18.1. The molecule has 104 valence electrons. The van der Waals surface area contributed by atoms with Gasteiger partial charge in [-0.25, -0.2) is 4.98 Å². The lowest BCUT2D eigenvalue weighted by Gasteiger charge is -2.25. The second kappa shape index (κ2) is 4.98. The molecule has 0 fully saturated rings. The van der Waals surface area contributed by atoms with Gasteiger partial charge in [-0.3, -0.25) is 0 Å². The molecular formula is C17H15N3O. The first-order chi connectivity index (χ1) is 10.4. The molecule has 1 aromatic heterocycles. The minimum absolute atomic E-state index is 0.0997. The van der Waals surface area contributed by atoms with Gasteiger partial charge in [-0.05, 0) is 17.7 Å². The van der Waals surface area contributed by atoms with Gasteiger partial charge in [0, 0.05) is 0 Å². The molecule has 4 heteroatoms. The molecular weight excluding hydrogens is 262 g/mol. The quantitative estimate of drug-likeness (QED) is 0.752. The minimum atomic E-state index is -0.0997. The van der Waals surface area contributed by atoms with Gasteiger partial charge in [-0.2, -0.15) is 0 Å².